The van der Waals surface area contributed by atoms with Crippen molar-refractivity contribution >= 4 is 29.0 Å². The summed E-state index contributed by atoms with van der Waals surface area (Å²) in [7, 11) is 0. The first kappa shape index (κ1) is 18.3. The zero-order valence-electron chi connectivity index (χ0n) is 14.7. The van der Waals surface area contributed by atoms with Gasteiger partial charge in [-0.2, -0.15) is 0 Å². The van der Waals surface area contributed by atoms with Crippen LogP contribution in [0.2, 0.25) is 0 Å². The van der Waals surface area contributed by atoms with Crippen LogP contribution < -0.4 is 20.7 Å². The fourth-order valence-corrected chi connectivity index (χ4v) is 3.50. The third kappa shape index (κ3) is 4.77. The van der Waals surface area contributed by atoms with Crippen molar-refractivity contribution < 1.29 is 14.5 Å². The largest absolute Gasteiger partial charge is 0.360 e. The molecule has 2 aromatic rings. The van der Waals surface area contributed by atoms with E-state index >= 15 is 0 Å². The van der Waals surface area contributed by atoms with Gasteiger partial charge in [0.05, 0.1) is 44.8 Å². The lowest BCUT2D eigenvalue weighted by Gasteiger charge is -2.33. The van der Waals surface area contributed by atoms with Crippen LogP contribution in [0.25, 0.3) is 0 Å². The first-order valence-electron chi connectivity index (χ1n) is 8.65. The zero-order valence-corrected chi connectivity index (χ0v) is 15.5. The van der Waals surface area contributed by atoms with Crippen molar-refractivity contribution in [1.82, 2.24) is 20.4 Å². The number of rotatable bonds is 5. The first-order chi connectivity index (χ1) is 12.6. The fourth-order valence-electron chi connectivity index (χ4n) is 2.95. The van der Waals surface area contributed by atoms with Crippen LogP contribution in [0.4, 0.5) is 5.69 Å². The molecular formula is C17H23N6O2S+. The molecule has 1 aromatic carbocycles. The number of aryl methyl sites for hydroxylation is 1. The molecule has 2 heterocycles. The van der Waals surface area contributed by atoms with Crippen molar-refractivity contribution in [3.8, 4) is 0 Å². The van der Waals surface area contributed by atoms with Gasteiger partial charge < -0.3 is 9.80 Å². The molecule has 8 nitrogen and oxygen atoms in total. The molecule has 2 amide bonds. The number of aromatic nitrogens is 2. The van der Waals surface area contributed by atoms with Crippen molar-refractivity contribution in [2.24, 2.45) is 0 Å². The van der Waals surface area contributed by atoms with Crippen LogP contribution in [0.5, 0.6) is 0 Å². The molecule has 0 saturated carbocycles. The van der Waals surface area contributed by atoms with Gasteiger partial charge in [-0.1, -0.05) is 22.7 Å². The summed E-state index contributed by atoms with van der Waals surface area (Å²) in [6.07, 6.45) is 0.376. The summed E-state index contributed by atoms with van der Waals surface area (Å²) >= 11 is 1.01. The Bertz CT molecular complexity index is 743. The second-order valence-electron chi connectivity index (χ2n) is 6.26. The molecule has 1 fully saturated rings. The maximum Gasteiger partial charge on any atom is 0.283 e. The van der Waals surface area contributed by atoms with Gasteiger partial charge >= 0.3 is 0 Å². The number of quaternary nitrogens is 1. The average molecular weight is 375 g/mol. The third-order valence-electron chi connectivity index (χ3n) is 4.47. The highest BCUT2D eigenvalue weighted by molar-refractivity contribution is 7.07. The molecule has 0 atom stereocenters. The van der Waals surface area contributed by atoms with Crippen molar-refractivity contribution in [3.05, 3.63) is 40.9 Å². The predicted octanol–water partition coefficient (Wildman–Crippen LogP) is -0.597. The molecule has 3 N–H and O–H groups in total. The number of hydrogen-bond donors (Lipinski definition) is 3. The van der Waals surface area contributed by atoms with E-state index < -0.39 is 0 Å². The maximum atomic E-state index is 12.0. The van der Waals surface area contributed by atoms with Gasteiger partial charge in [0.25, 0.3) is 5.91 Å². The minimum atomic E-state index is -0.380. The average Bonchev–Trinajstić information content (AvgIpc) is 3.11. The Hall–Kier alpha value is -2.52. The van der Waals surface area contributed by atoms with Crippen LogP contribution in [0, 0.1) is 6.92 Å². The number of anilines is 1. The molecule has 0 radical (unpaired) electrons. The van der Waals surface area contributed by atoms with Gasteiger partial charge in [-0.05, 0) is 30.6 Å². The maximum absolute atomic E-state index is 12.0. The van der Waals surface area contributed by atoms with Crippen molar-refractivity contribution in [1.29, 1.82) is 0 Å². The SMILES string of the molecule is Cc1nnsc1C(=O)NNC(=O)CC[NH+]1CCN(c2ccccc2)CC1. The van der Waals surface area contributed by atoms with E-state index in [0.29, 0.717) is 17.0 Å². The quantitative estimate of drug-likeness (QED) is 0.607. The lowest BCUT2D eigenvalue weighted by Crippen LogP contribution is -3.15. The third-order valence-corrected chi connectivity index (χ3v) is 5.30. The fraction of sp³-hybridized carbons (Fsp3) is 0.412. The molecule has 0 unspecified atom stereocenters. The van der Waals surface area contributed by atoms with Gasteiger partial charge in [-0.3, -0.25) is 20.4 Å². The molecule has 1 aromatic heterocycles. The molecule has 0 spiro atoms. The zero-order chi connectivity index (χ0) is 18.4. The van der Waals surface area contributed by atoms with E-state index in [9.17, 15) is 9.59 Å². The van der Waals surface area contributed by atoms with Crippen molar-refractivity contribution in [3.63, 3.8) is 0 Å². The predicted molar refractivity (Wildman–Crippen MR) is 99.1 cm³/mol. The monoisotopic (exact) mass is 375 g/mol. The summed E-state index contributed by atoms with van der Waals surface area (Å²) in [5, 5.41) is 3.78. The van der Waals surface area contributed by atoms with E-state index in [1.165, 1.54) is 10.6 Å². The van der Waals surface area contributed by atoms with Gasteiger partial charge in [-0.15, -0.1) is 5.10 Å². The van der Waals surface area contributed by atoms with Gasteiger partial charge in [0.1, 0.15) is 4.88 Å². The number of carbonyl (C=O) groups is 2. The molecule has 1 aliphatic heterocycles. The van der Waals surface area contributed by atoms with E-state index in [1.807, 2.05) is 6.07 Å². The van der Waals surface area contributed by atoms with Gasteiger partial charge in [0.15, 0.2) is 0 Å². The van der Waals surface area contributed by atoms with Crippen LogP contribution in [0.15, 0.2) is 30.3 Å². The summed E-state index contributed by atoms with van der Waals surface area (Å²) in [6.45, 7) is 6.43. The number of amides is 2. The number of nitrogens with one attached hydrogen (secondary N) is 3. The number of carbonyl (C=O) groups excluding carboxylic acids is 2. The van der Waals surface area contributed by atoms with Crippen molar-refractivity contribution in [2.45, 2.75) is 13.3 Å². The number of hydrogen-bond acceptors (Lipinski definition) is 6. The van der Waals surface area contributed by atoms with Crippen LogP contribution in [-0.4, -0.2) is 54.1 Å². The Morgan fingerprint density at radius 3 is 2.58 bits per heavy atom. The number of benzene rings is 1. The van der Waals surface area contributed by atoms with Crippen LogP contribution in [0.1, 0.15) is 21.8 Å². The van der Waals surface area contributed by atoms with E-state index in [1.54, 1.807) is 6.92 Å². The Balaban J connectivity index is 1.35. The highest BCUT2D eigenvalue weighted by Crippen LogP contribution is 2.12. The van der Waals surface area contributed by atoms with Crippen LogP contribution in [-0.2, 0) is 4.79 Å². The lowest BCUT2D eigenvalue weighted by molar-refractivity contribution is -0.900. The Kier molecular flexibility index (Phi) is 6.13. The molecule has 0 aliphatic carbocycles. The van der Waals surface area contributed by atoms with Gasteiger partial charge in [0, 0.05) is 5.69 Å². The van der Waals surface area contributed by atoms with E-state index in [4.69, 9.17) is 0 Å². The minimum Gasteiger partial charge on any atom is -0.360 e. The van der Waals surface area contributed by atoms with Crippen LogP contribution >= 0.6 is 11.5 Å². The molecule has 1 aliphatic rings. The van der Waals surface area contributed by atoms with Gasteiger partial charge in [0.2, 0.25) is 5.91 Å². The Labute approximate surface area is 156 Å². The number of nitrogens with zero attached hydrogens (tertiary/aromatic N) is 3. The highest BCUT2D eigenvalue weighted by Gasteiger charge is 2.21. The molecule has 3 rings (SSSR count). The summed E-state index contributed by atoms with van der Waals surface area (Å²) in [6, 6.07) is 10.4. The second kappa shape index (κ2) is 8.72. The standard InChI is InChI=1S/C17H22N6O2S/c1-13-16(26-21-18-13)17(25)20-19-15(24)7-8-22-9-11-23(12-10-22)14-5-3-2-4-6-14/h2-6H,7-12H2,1H3,(H,19,24)(H,20,25)/p+1. The minimum absolute atomic E-state index is 0.188. The summed E-state index contributed by atoms with van der Waals surface area (Å²) in [5.41, 5.74) is 6.69. The Morgan fingerprint density at radius 2 is 1.92 bits per heavy atom. The highest BCUT2D eigenvalue weighted by atomic mass is 32.1. The molecular weight excluding hydrogens is 352 g/mol. The number of hydrazine groups is 1. The summed E-state index contributed by atoms with van der Waals surface area (Å²) in [5.74, 6) is -0.568. The summed E-state index contributed by atoms with van der Waals surface area (Å²) in [4.78, 5) is 28.0. The topological polar surface area (TPSA) is 91.7 Å². The van der Waals surface area contributed by atoms with E-state index in [2.05, 4.69) is 49.6 Å². The number of para-hydroxylation sites is 1. The van der Waals surface area contributed by atoms with Gasteiger partial charge in [-0.25, -0.2) is 0 Å². The smallest absolute Gasteiger partial charge is 0.283 e. The normalized spacial score (nSPS) is 14.9. The molecule has 1 saturated heterocycles. The van der Waals surface area contributed by atoms with E-state index in [0.717, 1.165) is 44.3 Å². The molecule has 26 heavy (non-hydrogen) atoms. The lowest BCUT2D eigenvalue weighted by atomic mass is 10.2. The summed E-state index contributed by atoms with van der Waals surface area (Å²) < 4.78 is 3.71. The number of piperazine rings is 1. The van der Waals surface area contributed by atoms with Crippen molar-refractivity contribution in [2.75, 3.05) is 37.6 Å². The molecule has 0 bridgehead atoms. The first-order valence-corrected chi connectivity index (χ1v) is 9.42. The molecule has 138 valence electrons. The Morgan fingerprint density at radius 1 is 1.19 bits per heavy atom. The molecule has 9 heteroatoms. The van der Waals surface area contributed by atoms with E-state index in [-0.39, 0.29) is 11.8 Å². The van der Waals surface area contributed by atoms with Crippen LogP contribution in [0.3, 0.4) is 0 Å². The second-order valence-corrected chi connectivity index (χ2v) is 7.02.